The van der Waals surface area contributed by atoms with Crippen molar-refractivity contribution < 1.29 is 4.74 Å². The smallest absolute Gasteiger partial charge is 0.0641 e. The molecule has 0 aliphatic carbocycles. The first-order valence-electron chi connectivity index (χ1n) is 7.08. The maximum absolute atomic E-state index is 5.42. The van der Waals surface area contributed by atoms with E-state index in [1.165, 1.54) is 5.56 Å². The molecule has 1 aliphatic rings. The zero-order valence-corrected chi connectivity index (χ0v) is 12.5. The van der Waals surface area contributed by atoms with Gasteiger partial charge in [0.2, 0.25) is 0 Å². The van der Waals surface area contributed by atoms with Crippen molar-refractivity contribution in [3.63, 3.8) is 0 Å². The summed E-state index contributed by atoms with van der Waals surface area (Å²) >= 11 is 0. The summed E-state index contributed by atoms with van der Waals surface area (Å²) < 4.78 is 5.42. The molecule has 0 spiro atoms. The number of hydrogen-bond acceptors (Lipinski definition) is 3. The number of piperazine rings is 1. The minimum Gasteiger partial charge on any atom is -0.383 e. The third kappa shape index (κ3) is 3.35. The van der Waals surface area contributed by atoms with Crippen molar-refractivity contribution in [1.29, 1.82) is 0 Å². The molecule has 0 amide bonds. The molecule has 2 rings (SSSR count). The summed E-state index contributed by atoms with van der Waals surface area (Å²) in [5, 5.41) is 3.59. The lowest BCUT2D eigenvalue weighted by molar-refractivity contribution is -0.0160. The molecule has 19 heavy (non-hydrogen) atoms. The Balaban J connectivity index is 2.24. The second-order valence-corrected chi connectivity index (χ2v) is 6.13. The molecule has 1 aromatic rings. The Morgan fingerprint density at radius 3 is 2.63 bits per heavy atom. The lowest BCUT2D eigenvalue weighted by Crippen LogP contribution is -2.59. The van der Waals surface area contributed by atoms with Crippen molar-refractivity contribution >= 4 is 0 Å². The Kier molecular flexibility index (Phi) is 4.61. The SMILES string of the molecule is COCC(C)(C)N1CC(C)NCC1c1ccccc1. The van der Waals surface area contributed by atoms with Gasteiger partial charge in [-0.1, -0.05) is 30.3 Å². The Morgan fingerprint density at radius 2 is 2.00 bits per heavy atom. The molecule has 0 radical (unpaired) electrons. The van der Waals surface area contributed by atoms with Crippen LogP contribution in [0.2, 0.25) is 0 Å². The van der Waals surface area contributed by atoms with Crippen LogP contribution < -0.4 is 5.32 Å². The number of nitrogens with one attached hydrogen (secondary N) is 1. The van der Waals surface area contributed by atoms with Crippen molar-refractivity contribution in [3.8, 4) is 0 Å². The molecule has 0 bridgehead atoms. The van der Waals surface area contributed by atoms with E-state index in [9.17, 15) is 0 Å². The largest absolute Gasteiger partial charge is 0.383 e. The second kappa shape index (κ2) is 6.04. The molecule has 106 valence electrons. The van der Waals surface area contributed by atoms with E-state index in [0.29, 0.717) is 12.1 Å². The van der Waals surface area contributed by atoms with Gasteiger partial charge in [-0.2, -0.15) is 0 Å². The number of ether oxygens (including phenoxy) is 1. The standard InChI is InChI=1S/C16H26N2O/c1-13-11-18(16(2,3)12-19-4)15(10-17-13)14-8-6-5-7-9-14/h5-9,13,15,17H,10-12H2,1-4H3. The topological polar surface area (TPSA) is 24.5 Å². The summed E-state index contributed by atoms with van der Waals surface area (Å²) in [5.74, 6) is 0. The monoisotopic (exact) mass is 262 g/mol. The van der Waals surface area contributed by atoms with E-state index in [0.717, 1.165) is 19.7 Å². The summed E-state index contributed by atoms with van der Waals surface area (Å²) in [4.78, 5) is 2.58. The van der Waals surface area contributed by atoms with Crippen molar-refractivity contribution in [1.82, 2.24) is 10.2 Å². The van der Waals surface area contributed by atoms with Gasteiger partial charge in [0, 0.05) is 37.8 Å². The average Bonchev–Trinajstić information content (AvgIpc) is 2.39. The van der Waals surface area contributed by atoms with Gasteiger partial charge >= 0.3 is 0 Å². The van der Waals surface area contributed by atoms with Crippen molar-refractivity contribution in [2.45, 2.75) is 38.4 Å². The molecule has 1 N–H and O–H groups in total. The predicted octanol–water partition coefficient (Wildman–Crippen LogP) is 2.45. The third-order valence-corrected chi connectivity index (χ3v) is 3.97. The fraction of sp³-hybridized carbons (Fsp3) is 0.625. The number of benzene rings is 1. The maximum Gasteiger partial charge on any atom is 0.0641 e. The molecule has 2 atom stereocenters. The molecule has 3 heteroatoms. The third-order valence-electron chi connectivity index (χ3n) is 3.97. The van der Waals surface area contributed by atoms with Crippen LogP contribution in [0.5, 0.6) is 0 Å². The fourth-order valence-electron chi connectivity index (χ4n) is 2.99. The van der Waals surface area contributed by atoms with Gasteiger partial charge in [0.25, 0.3) is 0 Å². The van der Waals surface area contributed by atoms with Gasteiger partial charge in [0.05, 0.1) is 6.61 Å². The molecular formula is C16H26N2O. The number of nitrogens with zero attached hydrogens (tertiary/aromatic N) is 1. The van der Waals surface area contributed by atoms with Crippen LogP contribution in [0.4, 0.5) is 0 Å². The molecule has 1 saturated heterocycles. The Bertz CT molecular complexity index is 391. The Labute approximate surface area is 116 Å². The lowest BCUT2D eigenvalue weighted by Gasteiger charge is -2.48. The van der Waals surface area contributed by atoms with Crippen molar-refractivity contribution in [2.75, 3.05) is 26.8 Å². The highest BCUT2D eigenvalue weighted by atomic mass is 16.5. The normalized spacial score (nSPS) is 25.5. The lowest BCUT2D eigenvalue weighted by atomic mass is 9.93. The quantitative estimate of drug-likeness (QED) is 0.902. The van der Waals surface area contributed by atoms with Crippen LogP contribution in [0.15, 0.2) is 30.3 Å². The van der Waals surface area contributed by atoms with Gasteiger partial charge in [0.1, 0.15) is 0 Å². The Hall–Kier alpha value is -0.900. The van der Waals surface area contributed by atoms with E-state index >= 15 is 0 Å². The first-order valence-corrected chi connectivity index (χ1v) is 7.08. The van der Waals surface area contributed by atoms with E-state index < -0.39 is 0 Å². The van der Waals surface area contributed by atoms with Gasteiger partial charge < -0.3 is 10.1 Å². The molecule has 2 unspecified atom stereocenters. The van der Waals surface area contributed by atoms with Crippen LogP contribution in [0.25, 0.3) is 0 Å². The highest BCUT2D eigenvalue weighted by Gasteiger charge is 2.36. The molecule has 0 aromatic heterocycles. The number of methoxy groups -OCH3 is 1. The first-order chi connectivity index (χ1) is 9.04. The predicted molar refractivity (Wildman–Crippen MR) is 79.3 cm³/mol. The van der Waals surface area contributed by atoms with Crippen LogP contribution in [0, 0.1) is 0 Å². The van der Waals surface area contributed by atoms with Crippen LogP contribution >= 0.6 is 0 Å². The molecule has 1 aromatic carbocycles. The molecule has 0 saturated carbocycles. The molecule has 1 aliphatic heterocycles. The van der Waals surface area contributed by atoms with Crippen LogP contribution in [0.1, 0.15) is 32.4 Å². The summed E-state index contributed by atoms with van der Waals surface area (Å²) in [6.07, 6.45) is 0. The zero-order valence-electron chi connectivity index (χ0n) is 12.5. The summed E-state index contributed by atoms with van der Waals surface area (Å²) in [7, 11) is 1.78. The van der Waals surface area contributed by atoms with Crippen molar-refractivity contribution in [3.05, 3.63) is 35.9 Å². The van der Waals surface area contributed by atoms with E-state index in [-0.39, 0.29) is 5.54 Å². The summed E-state index contributed by atoms with van der Waals surface area (Å²) in [5.41, 5.74) is 1.43. The van der Waals surface area contributed by atoms with E-state index in [1.54, 1.807) is 7.11 Å². The van der Waals surface area contributed by atoms with E-state index in [2.05, 4.69) is 61.3 Å². The van der Waals surface area contributed by atoms with E-state index in [1.807, 2.05) is 0 Å². The molecule has 1 fully saturated rings. The van der Waals surface area contributed by atoms with Crippen LogP contribution in [0.3, 0.4) is 0 Å². The van der Waals surface area contributed by atoms with Crippen molar-refractivity contribution in [2.24, 2.45) is 0 Å². The summed E-state index contributed by atoms with van der Waals surface area (Å²) in [6, 6.07) is 11.7. The molecule has 3 nitrogen and oxygen atoms in total. The molecular weight excluding hydrogens is 236 g/mol. The van der Waals surface area contributed by atoms with E-state index in [4.69, 9.17) is 4.74 Å². The number of hydrogen-bond donors (Lipinski definition) is 1. The summed E-state index contributed by atoms with van der Waals surface area (Å²) in [6.45, 7) is 9.59. The second-order valence-electron chi connectivity index (χ2n) is 6.13. The van der Waals surface area contributed by atoms with Gasteiger partial charge in [-0.25, -0.2) is 0 Å². The highest BCUT2D eigenvalue weighted by Crippen LogP contribution is 2.30. The first kappa shape index (κ1) is 14.5. The van der Waals surface area contributed by atoms with Gasteiger partial charge in [0.15, 0.2) is 0 Å². The minimum absolute atomic E-state index is 0.0472. The average molecular weight is 262 g/mol. The van der Waals surface area contributed by atoms with Gasteiger partial charge in [-0.05, 0) is 26.3 Å². The Morgan fingerprint density at radius 1 is 1.32 bits per heavy atom. The fourth-order valence-corrected chi connectivity index (χ4v) is 2.99. The van der Waals surface area contributed by atoms with Crippen LogP contribution in [-0.4, -0.2) is 43.3 Å². The zero-order chi connectivity index (χ0) is 13.9. The van der Waals surface area contributed by atoms with Gasteiger partial charge in [-0.3, -0.25) is 4.90 Å². The number of rotatable bonds is 4. The highest BCUT2D eigenvalue weighted by molar-refractivity contribution is 5.21. The minimum atomic E-state index is 0.0472. The maximum atomic E-state index is 5.42. The molecule has 1 heterocycles. The van der Waals surface area contributed by atoms with Crippen LogP contribution in [-0.2, 0) is 4.74 Å². The van der Waals surface area contributed by atoms with Gasteiger partial charge in [-0.15, -0.1) is 0 Å².